The fourth-order valence-electron chi connectivity index (χ4n) is 7.36. The van der Waals surface area contributed by atoms with E-state index in [1.807, 2.05) is 68.5 Å². The fraction of sp³-hybridized carbons (Fsp3) is 0.375. The van der Waals surface area contributed by atoms with Crippen LogP contribution in [-0.2, 0) is 27.0 Å². The third-order valence-corrected chi connectivity index (χ3v) is 9.45. The number of aliphatic hydroxyl groups is 1. The lowest BCUT2D eigenvalue weighted by atomic mass is 9.82. The van der Waals surface area contributed by atoms with Gasteiger partial charge >= 0.3 is 0 Å². The third kappa shape index (κ3) is 3.02. The molecule has 0 saturated carbocycles. The number of carbonyl (C=O) groups excluding carboxylic acids is 2. The summed E-state index contributed by atoms with van der Waals surface area (Å²) in [6, 6.07) is 14.4. The Kier molecular flexibility index (Phi) is 4.74. The van der Waals surface area contributed by atoms with E-state index in [0.29, 0.717) is 6.42 Å². The number of hydrogen-bond acceptors (Lipinski definition) is 4. The maximum absolute atomic E-state index is 14.6. The summed E-state index contributed by atoms with van der Waals surface area (Å²) in [6.45, 7) is 12.4. The van der Waals surface area contributed by atoms with Gasteiger partial charge in [0, 0.05) is 52.3 Å². The van der Waals surface area contributed by atoms with E-state index in [1.54, 1.807) is 16.0 Å². The maximum Gasteiger partial charge on any atom is 0.250 e. The summed E-state index contributed by atoms with van der Waals surface area (Å²) in [6.07, 6.45) is 5.49. The molecule has 1 aromatic heterocycles. The van der Waals surface area contributed by atoms with Gasteiger partial charge < -0.3 is 24.8 Å². The van der Waals surface area contributed by atoms with Crippen LogP contribution in [0.5, 0.6) is 0 Å². The van der Waals surface area contributed by atoms with Crippen molar-refractivity contribution in [1.29, 1.82) is 0 Å². The van der Waals surface area contributed by atoms with Crippen LogP contribution < -0.4 is 4.90 Å². The van der Waals surface area contributed by atoms with Crippen molar-refractivity contribution in [3.63, 3.8) is 0 Å². The quantitative estimate of drug-likeness (QED) is 0.491. The van der Waals surface area contributed by atoms with E-state index < -0.39 is 29.4 Å². The second-order valence-electron chi connectivity index (χ2n) is 12.5. The van der Waals surface area contributed by atoms with E-state index >= 15 is 0 Å². The normalized spacial score (nSPS) is 29.8. The molecule has 200 valence electrons. The minimum Gasteiger partial charge on any atom is -0.381 e. The van der Waals surface area contributed by atoms with Crippen LogP contribution in [0, 0.1) is 0 Å². The number of allylic oxidation sites excluding steroid dienone is 1. The summed E-state index contributed by atoms with van der Waals surface area (Å²) >= 11 is 0. The van der Waals surface area contributed by atoms with Crippen LogP contribution in [0.1, 0.15) is 50.9 Å². The number of nitrogens with zero attached hydrogens (tertiary/aromatic N) is 3. The minimum atomic E-state index is -1.37. The van der Waals surface area contributed by atoms with Gasteiger partial charge in [0.2, 0.25) is 11.8 Å². The number of fused-ring (bicyclic) bond motifs is 9. The first-order valence-corrected chi connectivity index (χ1v) is 13.7. The Labute approximate surface area is 228 Å². The topological polar surface area (TPSA) is 79.9 Å². The van der Waals surface area contributed by atoms with Gasteiger partial charge in [-0.15, -0.1) is 6.58 Å². The second kappa shape index (κ2) is 7.63. The lowest BCUT2D eigenvalue weighted by Gasteiger charge is -2.49. The highest BCUT2D eigenvalue weighted by Crippen LogP contribution is 2.56. The molecule has 7 nitrogen and oxygen atoms in total. The van der Waals surface area contributed by atoms with Gasteiger partial charge in [0.05, 0.1) is 5.54 Å². The molecule has 3 aromatic rings. The molecule has 7 rings (SSSR count). The van der Waals surface area contributed by atoms with E-state index in [1.165, 1.54) is 0 Å². The zero-order valence-electron chi connectivity index (χ0n) is 22.8. The first-order chi connectivity index (χ1) is 18.5. The average Bonchev–Trinajstić information content (AvgIpc) is 3.51. The van der Waals surface area contributed by atoms with Crippen LogP contribution in [0.15, 0.2) is 73.5 Å². The highest BCUT2D eigenvalue weighted by molar-refractivity contribution is 6.00. The molecule has 0 radical (unpaired) electrons. The number of hydrogen-bond donors (Lipinski definition) is 2. The largest absolute Gasteiger partial charge is 0.381 e. The predicted molar refractivity (Wildman–Crippen MR) is 151 cm³/mol. The zero-order chi connectivity index (χ0) is 27.5. The number of aromatic nitrogens is 1. The van der Waals surface area contributed by atoms with E-state index in [2.05, 4.69) is 36.4 Å². The van der Waals surface area contributed by atoms with Gasteiger partial charge in [-0.25, -0.2) is 0 Å². The SMILES string of the molecule is C=CC(C)(C)N1c2ccccc2[C@@]2(O)C[C@H]3C(=O)N4/C=C\C(C)(C)c5[nH]c6ccccc6c5C[C@H]4C(=O)N3[C@@H]12. The van der Waals surface area contributed by atoms with Crippen molar-refractivity contribution in [3.8, 4) is 0 Å². The molecule has 4 atom stereocenters. The Hall–Kier alpha value is -3.84. The number of benzene rings is 2. The molecule has 2 aromatic carbocycles. The number of nitrogens with one attached hydrogen (secondary N) is 1. The van der Waals surface area contributed by atoms with E-state index in [0.717, 1.165) is 33.4 Å². The number of carbonyl (C=O) groups is 2. The maximum atomic E-state index is 14.6. The van der Waals surface area contributed by atoms with Crippen LogP contribution in [0.25, 0.3) is 10.9 Å². The van der Waals surface area contributed by atoms with Crippen LogP contribution in [0.2, 0.25) is 0 Å². The zero-order valence-corrected chi connectivity index (χ0v) is 22.8. The first kappa shape index (κ1) is 24.2. The van der Waals surface area contributed by atoms with Gasteiger partial charge in [0.15, 0.2) is 0 Å². The number of H-pyrrole nitrogens is 1. The Morgan fingerprint density at radius 3 is 2.54 bits per heavy atom. The average molecular weight is 523 g/mol. The molecule has 4 aliphatic heterocycles. The van der Waals surface area contributed by atoms with Gasteiger partial charge in [-0.2, -0.15) is 0 Å². The molecule has 0 unspecified atom stereocenters. The van der Waals surface area contributed by atoms with Gasteiger partial charge in [-0.1, -0.05) is 62.4 Å². The molecule has 0 aliphatic carbocycles. The lowest BCUT2D eigenvalue weighted by Crippen LogP contribution is -2.67. The smallest absolute Gasteiger partial charge is 0.250 e. The number of piperazine rings is 1. The molecule has 39 heavy (non-hydrogen) atoms. The summed E-state index contributed by atoms with van der Waals surface area (Å²) in [4.78, 5) is 37.8. The Bertz CT molecular complexity index is 1600. The van der Waals surface area contributed by atoms with E-state index in [4.69, 9.17) is 0 Å². The molecular weight excluding hydrogens is 488 g/mol. The molecular formula is C32H34N4O3. The summed E-state index contributed by atoms with van der Waals surface area (Å²) in [7, 11) is 0. The minimum absolute atomic E-state index is 0.140. The molecule has 0 bridgehead atoms. The predicted octanol–water partition coefficient (Wildman–Crippen LogP) is 4.33. The monoisotopic (exact) mass is 522 g/mol. The van der Waals surface area contributed by atoms with Gasteiger partial charge in [0.25, 0.3) is 0 Å². The van der Waals surface area contributed by atoms with Gasteiger partial charge in [-0.05, 0) is 31.5 Å². The molecule has 2 fully saturated rings. The standard InChI is InChI=1S/C32H34N4O3/c1-6-31(4,5)36-23-14-10-8-12-21(23)32(39)18-25-27(37)34-16-15-30(2,3)26-20(19-11-7-9-13-22(19)33-26)17-24(34)28(38)35(25)29(32)36/h6-16,24-25,29,33,39H,1,17-18H2,2-5H3/b16-15-/t24-,25-,29-,32-/m0/s1. The molecule has 2 amide bonds. The number of amides is 2. The molecule has 0 spiro atoms. The van der Waals surface area contributed by atoms with Gasteiger partial charge in [0.1, 0.15) is 23.9 Å². The summed E-state index contributed by atoms with van der Waals surface area (Å²) in [5.74, 6) is -0.287. The summed E-state index contributed by atoms with van der Waals surface area (Å²) in [5, 5.41) is 13.4. The Morgan fingerprint density at radius 2 is 1.77 bits per heavy atom. The third-order valence-electron chi connectivity index (χ3n) is 9.45. The molecule has 2 N–H and O–H groups in total. The summed E-state index contributed by atoms with van der Waals surface area (Å²) < 4.78 is 0. The lowest BCUT2D eigenvalue weighted by molar-refractivity contribution is -0.159. The van der Waals surface area contributed by atoms with E-state index in [9.17, 15) is 14.7 Å². The van der Waals surface area contributed by atoms with Crippen molar-refractivity contribution in [2.75, 3.05) is 4.90 Å². The van der Waals surface area contributed by atoms with Crippen molar-refractivity contribution >= 4 is 28.4 Å². The Morgan fingerprint density at radius 1 is 1.05 bits per heavy atom. The van der Waals surface area contributed by atoms with Crippen molar-refractivity contribution < 1.29 is 14.7 Å². The van der Waals surface area contributed by atoms with E-state index in [-0.39, 0.29) is 23.7 Å². The number of para-hydroxylation sites is 2. The fourth-order valence-corrected chi connectivity index (χ4v) is 7.36. The first-order valence-electron chi connectivity index (χ1n) is 13.7. The number of anilines is 1. The number of rotatable bonds is 2. The van der Waals surface area contributed by atoms with Crippen LogP contribution in [-0.4, -0.2) is 55.5 Å². The van der Waals surface area contributed by atoms with Crippen molar-refractivity contribution in [3.05, 3.63) is 90.3 Å². The molecule has 2 saturated heterocycles. The Balaban J connectivity index is 1.39. The summed E-state index contributed by atoms with van der Waals surface area (Å²) in [5.41, 5.74) is 2.44. The molecule has 4 aliphatic rings. The van der Waals surface area contributed by atoms with Crippen molar-refractivity contribution in [2.24, 2.45) is 0 Å². The second-order valence-corrected chi connectivity index (χ2v) is 12.5. The van der Waals surface area contributed by atoms with Gasteiger partial charge in [-0.3, -0.25) is 9.59 Å². The highest BCUT2D eigenvalue weighted by Gasteiger charge is 2.67. The molecule has 7 heteroatoms. The van der Waals surface area contributed by atoms with Crippen LogP contribution >= 0.6 is 0 Å². The van der Waals surface area contributed by atoms with Crippen LogP contribution in [0.3, 0.4) is 0 Å². The van der Waals surface area contributed by atoms with Crippen molar-refractivity contribution in [2.45, 2.75) is 75.3 Å². The van der Waals surface area contributed by atoms with Crippen molar-refractivity contribution in [1.82, 2.24) is 14.8 Å². The molecule has 5 heterocycles. The van der Waals surface area contributed by atoms with Crippen LogP contribution in [0.4, 0.5) is 5.69 Å². The number of aromatic amines is 1. The highest BCUT2D eigenvalue weighted by atomic mass is 16.3.